The zero-order valence-corrected chi connectivity index (χ0v) is 17.9. The fourth-order valence-electron chi connectivity index (χ4n) is 3.10. The molecule has 158 valence electrons. The fraction of sp³-hybridized carbons (Fsp3) is 0.391. The first-order valence-corrected chi connectivity index (χ1v) is 10.3. The van der Waals surface area contributed by atoms with E-state index >= 15 is 0 Å². The summed E-state index contributed by atoms with van der Waals surface area (Å²) in [6, 6.07) is 11.5. The fourth-order valence-corrected chi connectivity index (χ4v) is 3.10. The van der Waals surface area contributed by atoms with E-state index in [1.54, 1.807) is 24.2 Å². The van der Waals surface area contributed by atoms with E-state index in [-0.39, 0.29) is 18.5 Å². The largest absolute Gasteiger partial charge is 0.481 e. The van der Waals surface area contributed by atoms with Crippen molar-refractivity contribution in [3.05, 3.63) is 60.2 Å². The van der Waals surface area contributed by atoms with Gasteiger partial charge in [-0.25, -0.2) is 0 Å². The van der Waals surface area contributed by atoms with E-state index in [1.165, 1.54) is 5.56 Å². The molecule has 0 radical (unpaired) electrons. The van der Waals surface area contributed by atoms with Crippen molar-refractivity contribution in [2.75, 3.05) is 0 Å². The number of hydrogen-bond acceptors (Lipinski definition) is 6. The summed E-state index contributed by atoms with van der Waals surface area (Å²) in [6.07, 6.45) is 4.84. The van der Waals surface area contributed by atoms with Gasteiger partial charge in [0.2, 0.25) is 11.7 Å². The van der Waals surface area contributed by atoms with Gasteiger partial charge in [0.15, 0.2) is 6.10 Å². The Bertz CT molecular complexity index is 939. The molecule has 0 aliphatic rings. The standard InChI is InChI=1S/C23H28N4O3/c1-5-7-18-9-11-20(12-10-18)29-17(4)23(28)27(16(2)3)15-21-25-22(26-30-21)19-8-6-13-24-14-19/h6,8-14,16-17H,5,7,15H2,1-4H3/t17-/m0/s1. The molecule has 2 heterocycles. The van der Waals surface area contributed by atoms with Gasteiger partial charge in [0.1, 0.15) is 12.3 Å². The average molecular weight is 409 g/mol. The summed E-state index contributed by atoms with van der Waals surface area (Å²) in [6.45, 7) is 8.01. The number of carbonyl (C=O) groups excluding carboxylic acids is 1. The topological polar surface area (TPSA) is 81.4 Å². The first-order valence-electron chi connectivity index (χ1n) is 10.3. The second-order valence-electron chi connectivity index (χ2n) is 7.47. The predicted octanol–water partition coefficient (Wildman–Crippen LogP) is 4.29. The highest BCUT2D eigenvalue weighted by Crippen LogP contribution is 2.19. The minimum absolute atomic E-state index is 0.0516. The molecule has 3 aromatic rings. The smallest absolute Gasteiger partial charge is 0.264 e. The summed E-state index contributed by atoms with van der Waals surface area (Å²) in [7, 11) is 0. The van der Waals surface area contributed by atoms with Gasteiger partial charge in [-0.2, -0.15) is 4.98 Å². The Morgan fingerprint density at radius 2 is 1.93 bits per heavy atom. The minimum Gasteiger partial charge on any atom is -0.481 e. The Hall–Kier alpha value is -3.22. The van der Waals surface area contributed by atoms with Crippen LogP contribution in [-0.2, 0) is 17.8 Å². The number of benzene rings is 1. The summed E-state index contributed by atoms with van der Waals surface area (Å²) in [5.74, 6) is 1.36. The highest BCUT2D eigenvalue weighted by molar-refractivity contribution is 5.81. The molecule has 1 amide bonds. The molecule has 0 N–H and O–H groups in total. The van der Waals surface area contributed by atoms with Crippen LogP contribution < -0.4 is 4.74 Å². The van der Waals surface area contributed by atoms with Gasteiger partial charge in [-0.15, -0.1) is 0 Å². The van der Waals surface area contributed by atoms with E-state index in [0.717, 1.165) is 18.4 Å². The van der Waals surface area contributed by atoms with Gasteiger partial charge < -0.3 is 14.2 Å². The zero-order chi connectivity index (χ0) is 21.5. The average Bonchev–Trinajstić information content (AvgIpc) is 3.22. The maximum Gasteiger partial charge on any atom is 0.264 e. The van der Waals surface area contributed by atoms with Crippen molar-refractivity contribution in [3.8, 4) is 17.1 Å². The van der Waals surface area contributed by atoms with Crippen LogP contribution in [0.2, 0.25) is 0 Å². The number of nitrogens with zero attached hydrogens (tertiary/aromatic N) is 4. The van der Waals surface area contributed by atoms with Crippen molar-refractivity contribution in [1.29, 1.82) is 0 Å². The molecule has 30 heavy (non-hydrogen) atoms. The van der Waals surface area contributed by atoms with Gasteiger partial charge in [-0.3, -0.25) is 9.78 Å². The molecule has 1 aromatic carbocycles. The number of aryl methyl sites for hydroxylation is 1. The molecule has 2 aromatic heterocycles. The van der Waals surface area contributed by atoms with Crippen molar-refractivity contribution in [3.63, 3.8) is 0 Å². The lowest BCUT2D eigenvalue weighted by Crippen LogP contribution is -2.43. The Labute approximate surface area is 177 Å². The number of hydrogen-bond donors (Lipinski definition) is 0. The van der Waals surface area contributed by atoms with Crippen molar-refractivity contribution < 1.29 is 14.1 Å². The maximum absolute atomic E-state index is 13.0. The molecule has 7 heteroatoms. The van der Waals surface area contributed by atoms with Crippen LogP contribution >= 0.6 is 0 Å². The molecular weight excluding hydrogens is 380 g/mol. The Balaban J connectivity index is 1.66. The van der Waals surface area contributed by atoms with Crippen LogP contribution in [0.3, 0.4) is 0 Å². The monoisotopic (exact) mass is 408 g/mol. The number of carbonyl (C=O) groups is 1. The summed E-state index contributed by atoms with van der Waals surface area (Å²) < 4.78 is 11.2. The quantitative estimate of drug-likeness (QED) is 0.525. The van der Waals surface area contributed by atoms with E-state index in [9.17, 15) is 4.79 Å². The van der Waals surface area contributed by atoms with Crippen molar-refractivity contribution in [1.82, 2.24) is 20.0 Å². The lowest BCUT2D eigenvalue weighted by molar-refractivity contribution is -0.140. The third-order valence-electron chi connectivity index (χ3n) is 4.72. The molecule has 0 fully saturated rings. The molecule has 0 saturated carbocycles. The van der Waals surface area contributed by atoms with Crippen LogP contribution in [0.4, 0.5) is 0 Å². The Morgan fingerprint density at radius 3 is 2.57 bits per heavy atom. The second kappa shape index (κ2) is 10.0. The number of aromatic nitrogens is 3. The molecular formula is C23H28N4O3. The molecule has 0 aliphatic carbocycles. The van der Waals surface area contributed by atoms with Gasteiger partial charge in [0.25, 0.3) is 5.91 Å². The van der Waals surface area contributed by atoms with Gasteiger partial charge in [-0.1, -0.05) is 30.6 Å². The third-order valence-corrected chi connectivity index (χ3v) is 4.72. The van der Waals surface area contributed by atoms with E-state index in [2.05, 4.69) is 22.0 Å². The van der Waals surface area contributed by atoms with Crippen molar-refractivity contribution in [2.45, 2.75) is 59.2 Å². The van der Waals surface area contributed by atoms with Crippen LogP contribution in [0.15, 0.2) is 53.3 Å². The minimum atomic E-state index is -0.634. The van der Waals surface area contributed by atoms with Crippen LogP contribution in [-0.4, -0.2) is 38.1 Å². The lowest BCUT2D eigenvalue weighted by atomic mass is 10.1. The predicted molar refractivity (Wildman–Crippen MR) is 114 cm³/mol. The summed E-state index contributed by atoms with van der Waals surface area (Å²) in [5, 5.41) is 4.00. The molecule has 0 spiro atoms. The highest BCUT2D eigenvalue weighted by Gasteiger charge is 2.26. The SMILES string of the molecule is CCCc1ccc(O[C@@H](C)C(=O)N(Cc2nc(-c3cccnc3)no2)C(C)C)cc1. The molecule has 3 rings (SSSR count). The third kappa shape index (κ3) is 5.43. The van der Waals surface area contributed by atoms with E-state index in [4.69, 9.17) is 9.26 Å². The van der Waals surface area contributed by atoms with E-state index in [0.29, 0.717) is 17.5 Å². The van der Waals surface area contributed by atoms with Gasteiger partial charge in [0.05, 0.1) is 0 Å². The number of pyridine rings is 1. The molecule has 0 saturated heterocycles. The second-order valence-corrected chi connectivity index (χ2v) is 7.47. The molecule has 0 aliphatic heterocycles. The van der Waals surface area contributed by atoms with Gasteiger partial charge in [0, 0.05) is 24.0 Å². The Morgan fingerprint density at radius 1 is 1.17 bits per heavy atom. The van der Waals surface area contributed by atoms with Crippen LogP contribution in [0.25, 0.3) is 11.4 Å². The van der Waals surface area contributed by atoms with Crippen LogP contribution in [0, 0.1) is 0 Å². The summed E-state index contributed by atoms with van der Waals surface area (Å²) >= 11 is 0. The molecule has 0 bridgehead atoms. The zero-order valence-electron chi connectivity index (χ0n) is 17.9. The summed E-state index contributed by atoms with van der Waals surface area (Å²) in [5.41, 5.74) is 2.02. The maximum atomic E-state index is 13.0. The molecule has 7 nitrogen and oxygen atoms in total. The van der Waals surface area contributed by atoms with Gasteiger partial charge >= 0.3 is 0 Å². The highest BCUT2D eigenvalue weighted by atomic mass is 16.5. The van der Waals surface area contributed by atoms with Crippen molar-refractivity contribution in [2.24, 2.45) is 0 Å². The van der Waals surface area contributed by atoms with E-state index < -0.39 is 6.10 Å². The molecule has 1 atom stereocenters. The lowest BCUT2D eigenvalue weighted by Gasteiger charge is -2.28. The normalized spacial score (nSPS) is 12.0. The summed E-state index contributed by atoms with van der Waals surface area (Å²) in [4.78, 5) is 23.2. The number of ether oxygens (including phenoxy) is 1. The van der Waals surface area contributed by atoms with E-state index in [1.807, 2.05) is 50.2 Å². The van der Waals surface area contributed by atoms with Crippen LogP contribution in [0.5, 0.6) is 5.75 Å². The molecule has 0 unspecified atom stereocenters. The number of rotatable bonds is 9. The van der Waals surface area contributed by atoms with Crippen LogP contribution in [0.1, 0.15) is 45.6 Å². The first kappa shape index (κ1) is 21.5. The Kier molecular flexibility index (Phi) is 7.17. The van der Waals surface area contributed by atoms with Crippen molar-refractivity contribution >= 4 is 5.91 Å². The first-order chi connectivity index (χ1) is 14.5. The van der Waals surface area contributed by atoms with Gasteiger partial charge in [-0.05, 0) is 57.0 Å². The number of amides is 1.